The molecule has 4 nitrogen and oxygen atoms in total. The first-order valence-electron chi connectivity index (χ1n) is 4.91. The van der Waals surface area contributed by atoms with Crippen LogP contribution in [0.1, 0.15) is 24.2 Å². The number of hydrogen-bond acceptors (Lipinski definition) is 3. The molecule has 0 aliphatic heterocycles. The van der Waals surface area contributed by atoms with Gasteiger partial charge in [-0.3, -0.25) is 4.79 Å². The van der Waals surface area contributed by atoms with Gasteiger partial charge in [-0.2, -0.15) is 0 Å². The van der Waals surface area contributed by atoms with Crippen LogP contribution >= 0.6 is 0 Å². The first kappa shape index (κ1) is 11.4. The van der Waals surface area contributed by atoms with Crippen LogP contribution < -0.4 is 0 Å². The van der Waals surface area contributed by atoms with Gasteiger partial charge < -0.3 is 15.1 Å². The molecule has 1 aromatic carbocycles. The van der Waals surface area contributed by atoms with Crippen molar-refractivity contribution in [3.8, 4) is 11.5 Å². The molecule has 4 heteroatoms. The molecule has 15 heavy (non-hydrogen) atoms. The largest absolute Gasteiger partial charge is 0.508 e. The number of phenols is 2. The van der Waals surface area contributed by atoms with E-state index in [1.54, 1.807) is 4.90 Å². The topological polar surface area (TPSA) is 60.8 Å². The molecular formula is C11H15NO3. The highest BCUT2D eigenvalue weighted by Gasteiger charge is 2.16. The summed E-state index contributed by atoms with van der Waals surface area (Å²) in [6, 6.07) is 3.97. The summed E-state index contributed by atoms with van der Waals surface area (Å²) in [5.41, 5.74) is 0.219. The monoisotopic (exact) mass is 209 g/mol. The first-order valence-corrected chi connectivity index (χ1v) is 4.91. The van der Waals surface area contributed by atoms with Gasteiger partial charge in [-0.15, -0.1) is 0 Å². The van der Waals surface area contributed by atoms with E-state index >= 15 is 0 Å². The molecule has 0 bridgehead atoms. The third-order valence-corrected chi connectivity index (χ3v) is 2.26. The number of carbonyl (C=O) groups excluding carboxylic acids is 1. The lowest BCUT2D eigenvalue weighted by Gasteiger charge is -2.19. The number of phenolic OH excluding ortho intramolecular Hbond substituents is 2. The minimum Gasteiger partial charge on any atom is -0.508 e. The second-order valence-corrected chi connectivity index (χ2v) is 3.18. The number of benzene rings is 1. The van der Waals surface area contributed by atoms with Crippen LogP contribution in [-0.4, -0.2) is 34.1 Å². The van der Waals surface area contributed by atoms with Gasteiger partial charge in [0.2, 0.25) is 0 Å². The van der Waals surface area contributed by atoms with Crippen molar-refractivity contribution in [2.24, 2.45) is 0 Å². The zero-order valence-corrected chi connectivity index (χ0v) is 8.90. The predicted octanol–water partition coefficient (Wildman–Crippen LogP) is 1.58. The van der Waals surface area contributed by atoms with E-state index in [1.807, 2.05) is 13.8 Å². The van der Waals surface area contributed by atoms with Crippen LogP contribution in [0, 0.1) is 0 Å². The number of rotatable bonds is 3. The quantitative estimate of drug-likeness (QED) is 0.794. The van der Waals surface area contributed by atoms with E-state index < -0.39 is 0 Å². The van der Waals surface area contributed by atoms with Crippen molar-refractivity contribution in [2.45, 2.75) is 13.8 Å². The van der Waals surface area contributed by atoms with E-state index in [9.17, 15) is 9.90 Å². The van der Waals surface area contributed by atoms with E-state index in [-0.39, 0.29) is 23.0 Å². The molecule has 1 aromatic rings. The molecule has 0 aliphatic carbocycles. The summed E-state index contributed by atoms with van der Waals surface area (Å²) in [6.45, 7) is 4.93. The minimum absolute atomic E-state index is 0.0522. The Labute approximate surface area is 88.8 Å². The van der Waals surface area contributed by atoms with Gasteiger partial charge in [-0.25, -0.2) is 0 Å². The van der Waals surface area contributed by atoms with Gasteiger partial charge in [0.1, 0.15) is 11.5 Å². The fraction of sp³-hybridized carbons (Fsp3) is 0.364. The first-order chi connectivity index (χ1) is 7.10. The summed E-state index contributed by atoms with van der Waals surface area (Å²) in [4.78, 5) is 13.4. The Morgan fingerprint density at radius 3 is 2.33 bits per heavy atom. The van der Waals surface area contributed by atoms with Crippen molar-refractivity contribution in [3.05, 3.63) is 23.8 Å². The van der Waals surface area contributed by atoms with Gasteiger partial charge in [0.05, 0.1) is 5.56 Å². The van der Waals surface area contributed by atoms with E-state index in [2.05, 4.69) is 0 Å². The molecule has 0 fully saturated rings. The maximum absolute atomic E-state index is 11.8. The van der Waals surface area contributed by atoms with Crippen LogP contribution in [0.25, 0.3) is 0 Å². The van der Waals surface area contributed by atoms with E-state index in [0.717, 1.165) is 6.07 Å². The van der Waals surface area contributed by atoms with Crippen molar-refractivity contribution in [1.29, 1.82) is 0 Å². The van der Waals surface area contributed by atoms with Crippen molar-refractivity contribution < 1.29 is 15.0 Å². The van der Waals surface area contributed by atoms with Gasteiger partial charge in [-0.05, 0) is 26.0 Å². The molecule has 0 heterocycles. The molecule has 0 spiro atoms. The Morgan fingerprint density at radius 1 is 1.27 bits per heavy atom. The maximum atomic E-state index is 11.8. The summed E-state index contributed by atoms with van der Waals surface area (Å²) in [5.74, 6) is -0.465. The van der Waals surface area contributed by atoms with Crippen molar-refractivity contribution in [2.75, 3.05) is 13.1 Å². The molecule has 1 rings (SSSR count). The molecule has 0 atom stereocenters. The fourth-order valence-corrected chi connectivity index (χ4v) is 1.38. The van der Waals surface area contributed by atoms with Crippen LogP contribution in [0.2, 0.25) is 0 Å². The van der Waals surface area contributed by atoms with Crippen molar-refractivity contribution >= 4 is 5.91 Å². The third kappa shape index (κ3) is 2.40. The minimum atomic E-state index is -0.225. The molecule has 0 saturated heterocycles. The summed E-state index contributed by atoms with van der Waals surface area (Å²) >= 11 is 0. The van der Waals surface area contributed by atoms with E-state index in [0.29, 0.717) is 13.1 Å². The Morgan fingerprint density at radius 2 is 1.87 bits per heavy atom. The van der Waals surface area contributed by atoms with Crippen LogP contribution in [0.4, 0.5) is 0 Å². The van der Waals surface area contributed by atoms with E-state index in [4.69, 9.17) is 5.11 Å². The zero-order chi connectivity index (χ0) is 11.4. The molecule has 82 valence electrons. The maximum Gasteiger partial charge on any atom is 0.257 e. The number of amides is 1. The predicted molar refractivity (Wildman–Crippen MR) is 57.0 cm³/mol. The molecule has 0 saturated carbocycles. The Bertz CT molecular complexity index is 359. The van der Waals surface area contributed by atoms with Crippen LogP contribution in [0.5, 0.6) is 11.5 Å². The highest BCUT2D eigenvalue weighted by molar-refractivity contribution is 5.97. The lowest BCUT2D eigenvalue weighted by atomic mass is 10.1. The van der Waals surface area contributed by atoms with Crippen LogP contribution in [0.3, 0.4) is 0 Å². The molecule has 0 radical (unpaired) electrons. The van der Waals surface area contributed by atoms with Crippen LogP contribution in [0.15, 0.2) is 18.2 Å². The number of nitrogens with zero attached hydrogens (tertiary/aromatic N) is 1. The lowest BCUT2D eigenvalue weighted by molar-refractivity contribution is 0.0770. The van der Waals surface area contributed by atoms with Gasteiger partial charge >= 0.3 is 0 Å². The molecule has 1 amide bonds. The summed E-state index contributed by atoms with van der Waals surface area (Å²) in [7, 11) is 0. The summed E-state index contributed by atoms with van der Waals surface area (Å²) in [6.07, 6.45) is 0. The second kappa shape index (κ2) is 4.68. The highest BCUT2D eigenvalue weighted by Crippen LogP contribution is 2.23. The van der Waals surface area contributed by atoms with Crippen molar-refractivity contribution in [3.63, 3.8) is 0 Å². The zero-order valence-electron chi connectivity index (χ0n) is 8.90. The Kier molecular flexibility index (Phi) is 3.55. The van der Waals surface area contributed by atoms with Gasteiger partial charge in [0.15, 0.2) is 0 Å². The molecule has 2 N–H and O–H groups in total. The molecular weight excluding hydrogens is 194 g/mol. The molecule has 0 aromatic heterocycles. The lowest BCUT2D eigenvalue weighted by Crippen LogP contribution is -2.30. The third-order valence-electron chi connectivity index (χ3n) is 2.26. The number of hydrogen-bond donors (Lipinski definition) is 2. The normalized spacial score (nSPS) is 10.0. The fourth-order valence-electron chi connectivity index (χ4n) is 1.38. The highest BCUT2D eigenvalue weighted by atomic mass is 16.3. The second-order valence-electron chi connectivity index (χ2n) is 3.18. The average Bonchev–Trinajstić information content (AvgIpc) is 2.19. The van der Waals surface area contributed by atoms with Gasteiger partial charge in [-0.1, -0.05) is 0 Å². The number of aromatic hydroxyl groups is 2. The van der Waals surface area contributed by atoms with Crippen molar-refractivity contribution in [1.82, 2.24) is 4.90 Å². The molecule has 0 unspecified atom stereocenters. The number of carbonyl (C=O) groups is 1. The van der Waals surface area contributed by atoms with Gasteiger partial charge in [0, 0.05) is 19.2 Å². The average molecular weight is 209 g/mol. The standard InChI is InChI=1S/C11H15NO3/c1-3-12(4-2)11(15)9-6-5-8(13)7-10(9)14/h5-7,13-14H,3-4H2,1-2H3. The SMILES string of the molecule is CCN(CC)C(=O)c1ccc(O)cc1O. The summed E-state index contributed by atoms with van der Waals surface area (Å²) < 4.78 is 0. The summed E-state index contributed by atoms with van der Waals surface area (Å²) in [5, 5.41) is 18.6. The Hall–Kier alpha value is -1.71. The van der Waals surface area contributed by atoms with E-state index in [1.165, 1.54) is 12.1 Å². The molecule has 0 aliphatic rings. The smallest absolute Gasteiger partial charge is 0.257 e. The van der Waals surface area contributed by atoms with Gasteiger partial charge in [0.25, 0.3) is 5.91 Å². The van der Waals surface area contributed by atoms with Crippen LogP contribution in [-0.2, 0) is 0 Å². The Balaban J connectivity index is 3.00.